The zero-order valence-corrected chi connectivity index (χ0v) is 19.2. The first kappa shape index (κ1) is 18.3. The summed E-state index contributed by atoms with van der Waals surface area (Å²) in [5.41, 5.74) is 4.39. The molecule has 0 aliphatic carbocycles. The number of thiophene rings is 2. The van der Waals surface area contributed by atoms with Crippen LogP contribution in [0.4, 0.5) is 0 Å². The molecule has 154 valence electrons. The van der Waals surface area contributed by atoms with Gasteiger partial charge in [0.25, 0.3) is 0 Å². The molecule has 0 amide bonds. The Morgan fingerprint density at radius 3 is 1.31 bits per heavy atom. The fourth-order valence-corrected chi connectivity index (χ4v) is 6.33. The van der Waals surface area contributed by atoms with Gasteiger partial charge in [-0.05, 0) is 93.7 Å². The van der Waals surface area contributed by atoms with Crippen molar-refractivity contribution in [3.63, 3.8) is 0 Å². The minimum Gasteiger partial charge on any atom is -0.455 e. The molecule has 0 N–H and O–H groups in total. The Morgan fingerprint density at radius 1 is 0.500 bits per heavy atom. The van der Waals surface area contributed by atoms with Gasteiger partial charge in [-0.1, -0.05) is 24.3 Å². The van der Waals surface area contributed by atoms with Crippen LogP contribution < -0.4 is 0 Å². The molecule has 4 heteroatoms. The molecule has 0 saturated heterocycles. The molecule has 0 bridgehead atoms. The molecule has 0 aliphatic rings. The molecular weight excluding hydrogens is 432 g/mol. The number of fused-ring (bicyclic) bond motifs is 7. The van der Waals surface area contributed by atoms with Gasteiger partial charge in [-0.25, -0.2) is 0 Å². The summed E-state index contributed by atoms with van der Waals surface area (Å²) in [6, 6.07) is 21.7. The van der Waals surface area contributed by atoms with E-state index in [1.165, 1.54) is 42.4 Å². The SMILES string of the molecule is Cc1csc(-c2cc3c(ccc4c3ccc3c5cc(-c6cc(C)cs6)oc5ccc34)o2)c1. The van der Waals surface area contributed by atoms with E-state index in [0.717, 1.165) is 33.5 Å². The predicted molar refractivity (Wildman–Crippen MR) is 137 cm³/mol. The van der Waals surface area contributed by atoms with Gasteiger partial charge in [-0.15, -0.1) is 22.7 Å². The molecule has 0 fully saturated rings. The van der Waals surface area contributed by atoms with Crippen molar-refractivity contribution in [1.29, 1.82) is 0 Å². The molecular formula is C28H18O2S2. The fourth-order valence-electron chi connectivity index (χ4n) is 4.63. The zero-order chi connectivity index (χ0) is 21.4. The van der Waals surface area contributed by atoms with Crippen molar-refractivity contribution in [3.8, 4) is 21.3 Å². The maximum atomic E-state index is 6.21. The third kappa shape index (κ3) is 2.63. The molecule has 0 unspecified atom stereocenters. The summed E-state index contributed by atoms with van der Waals surface area (Å²) in [6.07, 6.45) is 0. The minimum absolute atomic E-state index is 0.928. The first-order chi connectivity index (χ1) is 15.6. The van der Waals surface area contributed by atoms with Crippen LogP contribution in [0.2, 0.25) is 0 Å². The van der Waals surface area contributed by atoms with Crippen LogP contribution in [-0.2, 0) is 0 Å². The van der Waals surface area contributed by atoms with Gasteiger partial charge >= 0.3 is 0 Å². The third-order valence-corrected chi connectivity index (χ3v) is 8.26. The van der Waals surface area contributed by atoms with E-state index in [1.54, 1.807) is 22.7 Å². The fraction of sp³-hybridized carbons (Fsp3) is 0.0714. The molecule has 0 atom stereocenters. The standard InChI is InChI=1S/C28H18O2S2/c1-15-9-27(31-13-15)25-11-21-19-3-4-20-18(17(19)5-7-23(21)29-25)6-8-24-22(20)12-26(30-24)28-10-16(2)14-32-28/h3-14H,1-2H3. The van der Waals surface area contributed by atoms with Gasteiger partial charge in [-0.2, -0.15) is 0 Å². The maximum Gasteiger partial charge on any atom is 0.145 e. The van der Waals surface area contributed by atoms with Gasteiger partial charge in [0, 0.05) is 10.8 Å². The highest BCUT2D eigenvalue weighted by molar-refractivity contribution is 7.14. The molecule has 0 radical (unpaired) electrons. The van der Waals surface area contributed by atoms with Crippen molar-refractivity contribution < 1.29 is 8.83 Å². The van der Waals surface area contributed by atoms with Gasteiger partial charge in [0.05, 0.1) is 9.75 Å². The molecule has 3 aromatic carbocycles. The van der Waals surface area contributed by atoms with E-state index >= 15 is 0 Å². The van der Waals surface area contributed by atoms with E-state index in [2.05, 4.69) is 85.3 Å². The molecule has 32 heavy (non-hydrogen) atoms. The minimum atomic E-state index is 0.928. The summed E-state index contributed by atoms with van der Waals surface area (Å²) in [5.74, 6) is 1.87. The van der Waals surface area contributed by atoms with Crippen molar-refractivity contribution in [2.24, 2.45) is 0 Å². The third-order valence-electron chi connectivity index (χ3n) is 6.14. The number of aryl methyl sites for hydroxylation is 2. The van der Waals surface area contributed by atoms with E-state index in [0.29, 0.717) is 0 Å². The van der Waals surface area contributed by atoms with Crippen molar-refractivity contribution >= 4 is 66.2 Å². The quantitative estimate of drug-likeness (QED) is 0.245. The smallest absolute Gasteiger partial charge is 0.145 e. The summed E-state index contributed by atoms with van der Waals surface area (Å²) < 4.78 is 12.4. The Bertz CT molecular complexity index is 1670. The van der Waals surface area contributed by atoms with Crippen molar-refractivity contribution in [1.82, 2.24) is 0 Å². The average molecular weight is 451 g/mol. The predicted octanol–water partition coefficient (Wildman–Crippen LogP) is 9.56. The Morgan fingerprint density at radius 2 is 0.906 bits per heavy atom. The second-order valence-electron chi connectivity index (χ2n) is 8.41. The molecule has 0 saturated carbocycles. The number of rotatable bonds is 2. The summed E-state index contributed by atoms with van der Waals surface area (Å²) in [7, 11) is 0. The van der Waals surface area contributed by atoms with Gasteiger partial charge in [0.1, 0.15) is 22.7 Å². The lowest BCUT2D eigenvalue weighted by Gasteiger charge is -2.05. The molecule has 7 rings (SSSR count). The lowest BCUT2D eigenvalue weighted by atomic mass is 9.98. The first-order valence-corrected chi connectivity index (χ1v) is 12.3. The number of hydrogen-bond donors (Lipinski definition) is 0. The lowest BCUT2D eigenvalue weighted by Crippen LogP contribution is -1.79. The maximum absolute atomic E-state index is 6.21. The summed E-state index contributed by atoms with van der Waals surface area (Å²) in [5, 5.41) is 11.6. The van der Waals surface area contributed by atoms with Crippen LogP contribution in [0.15, 0.2) is 80.3 Å². The van der Waals surface area contributed by atoms with Crippen LogP contribution in [0.5, 0.6) is 0 Å². The van der Waals surface area contributed by atoms with E-state index < -0.39 is 0 Å². The average Bonchev–Trinajstić information content (AvgIpc) is 3.57. The molecule has 7 aromatic rings. The van der Waals surface area contributed by atoms with Gasteiger partial charge < -0.3 is 8.83 Å². The number of furan rings is 2. The largest absolute Gasteiger partial charge is 0.455 e. The van der Waals surface area contributed by atoms with Gasteiger partial charge in [-0.3, -0.25) is 0 Å². The van der Waals surface area contributed by atoms with Crippen LogP contribution in [0.25, 0.3) is 64.8 Å². The van der Waals surface area contributed by atoms with Gasteiger partial charge in [0.15, 0.2) is 0 Å². The summed E-state index contributed by atoms with van der Waals surface area (Å²) >= 11 is 3.45. The Labute approximate surface area is 192 Å². The number of benzene rings is 3. The zero-order valence-electron chi connectivity index (χ0n) is 17.6. The van der Waals surface area contributed by atoms with E-state index in [-0.39, 0.29) is 0 Å². The van der Waals surface area contributed by atoms with Crippen LogP contribution >= 0.6 is 22.7 Å². The van der Waals surface area contributed by atoms with Crippen LogP contribution in [-0.4, -0.2) is 0 Å². The van der Waals surface area contributed by atoms with E-state index in [9.17, 15) is 0 Å². The molecule has 4 aromatic heterocycles. The second-order valence-corrected chi connectivity index (χ2v) is 10.2. The second kappa shape index (κ2) is 6.58. The van der Waals surface area contributed by atoms with Crippen molar-refractivity contribution in [2.45, 2.75) is 13.8 Å². The van der Waals surface area contributed by atoms with E-state index in [4.69, 9.17) is 8.83 Å². The highest BCUT2D eigenvalue weighted by Crippen LogP contribution is 2.40. The van der Waals surface area contributed by atoms with Crippen LogP contribution in [0.1, 0.15) is 11.1 Å². The lowest BCUT2D eigenvalue weighted by molar-refractivity contribution is 0.633. The van der Waals surface area contributed by atoms with Crippen LogP contribution in [0, 0.1) is 13.8 Å². The first-order valence-electron chi connectivity index (χ1n) is 10.6. The molecule has 0 spiro atoms. The summed E-state index contributed by atoms with van der Waals surface area (Å²) in [4.78, 5) is 2.34. The van der Waals surface area contributed by atoms with Crippen molar-refractivity contribution in [2.75, 3.05) is 0 Å². The van der Waals surface area contributed by atoms with E-state index in [1.807, 2.05) is 0 Å². The highest BCUT2D eigenvalue weighted by atomic mass is 32.1. The van der Waals surface area contributed by atoms with Crippen LogP contribution in [0.3, 0.4) is 0 Å². The molecule has 0 aliphatic heterocycles. The molecule has 2 nitrogen and oxygen atoms in total. The highest BCUT2D eigenvalue weighted by Gasteiger charge is 2.15. The van der Waals surface area contributed by atoms with Gasteiger partial charge in [0.2, 0.25) is 0 Å². The summed E-state index contributed by atoms with van der Waals surface area (Å²) in [6.45, 7) is 4.23. The number of hydrogen-bond acceptors (Lipinski definition) is 4. The topological polar surface area (TPSA) is 26.3 Å². The Balaban J connectivity index is 1.46. The Hall–Kier alpha value is -3.34. The van der Waals surface area contributed by atoms with Crippen molar-refractivity contribution in [3.05, 3.63) is 82.6 Å². The Kier molecular flexibility index (Phi) is 3.75. The monoisotopic (exact) mass is 450 g/mol. The molecule has 4 heterocycles. The normalized spacial score (nSPS) is 12.1.